The minimum absolute atomic E-state index is 0.0475. The summed E-state index contributed by atoms with van der Waals surface area (Å²) in [6, 6.07) is 12.7. The maximum absolute atomic E-state index is 13.9. The molecule has 67 heavy (non-hydrogen) atoms. The zero-order valence-electron chi connectivity index (χ0n) is 44.4. The lowest BCUT2D eigenvalue weighted by atomic mass is 9.82. The highest BCUT2D eigenvalue weighted by Crippen LogP contribution is 2.51. The van der Waals surface area contributed by atoms with Crippen molar-refractivity contribution in [1.82, 2.24) is 0 Å². The molecule has 0 aromatic heterocycles. The van der Waals surface area contributed by atoms with E-state index < -0.39 is 77.7 Å². The molecule has 2 fully saturated rings. The van der Waals surface area contributed by atoms with Crippen molar-refractivity contribution in [3.8, 4) is 6.07 Å². The monoisotopic (exact) mass is 1000 g/mol. The van der Waals surface area contributed by atoms with Crippen LogP contribution in [0.2, 0.25) is 36.3 Å². The summed E-state index contributed by atoms with van der Waals surface area (Å²) in [4.78, 5) is 13.9. The van der Waals surface area contributed by atoms with Gasteiger partial charge in [-0.15, -0.1) is 0 Å². The molecule has 1 aromatic rings. The third kappa shape index (κ3) is 17.0. The molecular weight excluding hydrogens is 910 g/mol. The van der Waals surface area contributed by atoms with Gasteiger partial charge in [0.2, 0.25) is 0 Å². The molecule has 0 bridgehead atoms. The maximum Gasteiger partial charge on any atom is 0.333 e. The molecule has 17 heteroatoms. The van der Waals surface area contributed by atoms with Crippen LogP contribution in [-0.2, 0) is 62.3 Å². The van der Waals surface area contributed by atoms with Gasteiger partial charge < -0.3 is 51.4 Å². The van der Waals surface area contributed by atoms with E-state index in [9.17, 15) is 19.7 Å². The van der Waals surface area contributed by atoms with Crippen molar-refractivity contribution in [1.29, 1.82) is 5.26 Å². The van der Waals surface area contributed by atoms with E-state index in [-0.39, 0.29) is 60.7 Å². The van der Waals surface area contributed by atoms with Crippen molar-refractivity contribution in [2.75, 3.05) is 40.2 Å². The number of aliphatic hydroxyl groups excluding tert-OH is 1. The molecular formula is C50H90NO13PSi2. The molecule has 1 aromatic carbocycles. The maximum atomic E-state index is 13.9. The van der Waals surface area contributed by atoms with Crippen LogP contribution in [0.25, 0.3) is 0 Å². The van der Waals surface area contributed by atoms with Gasteiger partial charge >= 0.3 is 13.6 Å². The van der Waals surface area contributed by atoms with Crippen molar-refractivity contribution in [2.45, 2.75) is 218 Å². The first-order valence-electron chi connectivity index (χ1n) is 24.6. The fourth-order valence-electron chi connectivity index (χ4n) is 8.81. The number of esters is 1. The van der Waals surface area contributed by atoms with Gasteiger partial charge in [0, 0.05) is 38.7 Å². The molecule has 386 valence electrons. The summed E-state index contributed by atoms with van der Waals surface area (Å²) in [6.45, 7) is 32.2. The van der Waals surface area contributed by atoms with Crippen LogP contribution < -0.4 is 0 Å². The van der Waals surface area contributed by atoms with Crippen molar-refractivity contribution >= 4 is 30.2 Å². The summed E-state index contributed by atoms with van der Waals surface area (Å²) in [5.41, 5.74) is -0.0255. The van der Waals surface area contributed by atoms with Gasteiger partial charge in [-0.1, -0.05) is 78.8 Å². The number of hydrogen-bond acceptors (Lipinski definition) is 14. The van der Waals surface area contributed by atoms with E-state index in [0.717, 1.165) is 12.0 Å². The summed E-state index contributed by atoms with van der Waals surface area (Å²) >= 11 is 0. The van der Waals surface area contributed by atoms with Crippen LogP contribution in [0.5, 0.6) is 0 Å². The van der Waals surface area contributed by atoms with Crippen molar-refractivity contribution < 1.29 is 60.8 Å². The first-order valence-corrected chi connectivity index (χ1v) is 32.2. The highest BCUT2D eigenvalue weighted by molar-refractivity contribution is 7.53. The van der Waals surface area contributed by atoms with Crippen molar-refractivity contribution in [2.24, 2.45) is 11.8 Å². The second-order valence-corrected chi connectivity index (χ2v) is 33.8. The molecule has 2 heterocycles. The van der Waals surface area contributed by atoms with Gasteiger partial charge in [0.15, 0.2) is 33.8 Å². The van der Waals surface area contributed by atoms with Crippen molar-refractivity contribution in [3.63, 3.8) is 0 Å². The quantitative estimate of drug-likeness (QED) is 0.0528. The SMILES string of the molecule is CCOP(=O)(CC(O)C[C@@H]1O[C@@](C[C@H](CCC[C@]2(C#N)C[C@H]([C@H](CC)COCc3ccccc3)OC(C)(C)O2)O[Si](C)(C)C(C)(C)C)(OC)C[C@H](O[Si](C)(C)C(C)(C)C)[C@H]1C(=O)OC)OCC. The summed E-state index contributed by atoms with van der Waals surface area (Å²) < 4.78 is 77.4. The lowest BCUT2D eigenvalue weighted by molar-refractivity contribution is -0.330. The second kappa shape index (κ2) is 24.7. The van der Waals surface area contributed by atoms with Crippen LogP contribution in [0.3, 0.4) is 0 Å². The van der Waals surface area contributed by atoms with Gasteiger partial charge in [0.25, 0.3) is 0 Å². The highest BCUT2D eigenvalue weighted by Gasteiger charge is 2.56. The van der Waals surface area contributed by atoms with Crippen LogP contribution >= 0.6 is 7.60 Å². The largest absolute Gasteiger partial charge is 0.469 e. The minimum atomic E-state index is -3.68. The number of nitrogens with zero attached hydrogens (tertiary/aromatic N) is 1. The molecule has 0 saturated carbocycles. The van der Waals surface area contributed by atoms with Gasteiger partial charge in [-0.25, -0.2) is 0 Å². The van der Waals surface area contributed by atoms with E-state index in [1.807, 2.05) is 44.2 Å². The predicted octanol–water partition coefficient (Wildman–Crippen LogP) is 11.3. The molecule has 9 atom stereocenters. The third-order valence-corrected chi connectivity index (χ3v) is 25.6. The van der Waals surface area contributed by atoms with Crippen LogP contribution in [-0.4, -0.2) is 116 Å². The van der Waals surface area contributed by atoms with E-state index in [0.29, 0.717) is 38.9 Å². The lowest BCUT2D eigenvalue weighted by Crippen LogP contribution is -2.60. The minimum Gasteiger partial charge on any atom is -0.469 e. The molecule has 1 N–H and O–H groups in total. The Labute approximate surface area is 406 Å². The molecule has 3 rings (SSSR count). The average Bonchev–Trinajstić information content (AvgIpc) is 3.20. The molecule has 2 saturated heterocycles. The molecule has 0 radical (unpaired) electrons. The Hall–Kier alpha value is -1.56. The number of carbonyl (C=O) groups is 1. The second-order valence-electron chi connectivity index (χ2n) is 22.2. The lowest BCUT2D eigenvalue weighted by Gasteiger charge is -2.51. The van der Waals surface area contributed by atoms with E-state index in [2.05, 4.69) is 80.7 Å². The van der Waals surface area contributed by atoms with Gasteiger partial charge in [0.05, 0.1) is 76.3 Å². The van der Waals surface area contributed by atoms with Crippen LogP contribution in [0.15, 0.2) is 30.3 Å². The number of rotatable bonds is 26. The summed E-state index contributed by atoms with van der Waals surface area (Å²) in [7, 11) is -5.76. The number of carbonyl (C=O) groups excluding carboxylic acids is 1. The zero-order chi connectivity index (χ0) is 50.7. The Morgan fingerprint density at radius 1 is 0.955 bits per heavy atom. The van der Waals surface area contributed by atoms with Gasteiger partial charge in [-0.05, 0) is 95.2 Å². The average molecular weight is 1000 g/mol. The van der Waals surface area contributed by atoms with Gasteiger partial charge in [0.1, 0.15) is 5.92 Å². The summed E-state index contributed by atoms with van der Waals surface area (Å²) in [5.74, 6) is -3.78. The molecule has 14 nitrogen and oxygen atoms in total. The standard InChI is InChI=1S/C50H90NO13PSi2/c1-18-38(34-57-33-37-25-22-21-23-26-37)42-31-49(36-51,64-48(10,11)60-42)28-24-27-40(62-66(14,15)46(4,5)6)30-50(56-13)32-43(63-67(16,17)47(7,8)9)44(45(53)55-12)41(61-50)29-39(52)35-65(54,58-19-2)59-20-3/h21-23,25-26,38-44,52H,18-20,24,27-35H2,1-17H3/t38-,39?,40+,41+,42-,43+,44+,49-,50-/m1/s1. The molecule has 0 spiro atoms. The normalized spacial score (nSPS) is 26.6. The van der Waals surface area contributed by atoms with E-state index in [1.54, 1.807) is 21.0 Å². The molecule has 2 aliphatic rings. The number of ether oxygens (including phenoxy) is 6. The summed E-state index contributed by atoms with van der Waals surface area (Å²) in [5, 5.41) is 22.2. The molecule has 0 aliphatic carbocycles. The topological polar surface area (TPSA) is 170 Å². The smallest absolute Gasteiger partial charge is 0.333 e. The van der Waals surface area contributed by atoms with Gasteiger partial charge in [-0.3, -0.25) is 9.36 Å². The number of hydrogen-bond donors (Lipinski definition) is 1. The Bertz CT molecular complexity index is 1760. The Morgan fingerprint density at radius 2 is 1.57 bits per heavy atom. The highest BCUT2D eigenvalue weighted by atomic mass is 31.2. The van der Waals surface area contributed by atoms with E-state index in [1.165, 1.54) is 7.11 Å². The summed E-state index contributed by atoms with van der Waals surface area (Å²) in [6.07, 6.45) is -0.804. The first kappa shape index (κ1) is 59.8. The molecule has 0 amide bonds. The van der Waals surface area contributed by atoms with Crippen LogP contribution in [0, 0.1) is 23.2 Å². The fraction of sp³-hybridized carbons (Fsp3) is 0.840. The van der Waals surface area contributed by atoms with Crippen LogP contribution in [0.4, 0.5) is 0 Å². The predicted molar refractivity (Wildman–Crippen MR) is 267 cm³/mol. The number of nitriles is 1. The molecule has 2 aliphatic heterocycles. The fourth-order valence-corrected chi connectivity index (χ4v) is 13.3. The van der Waals surface area contributed by atoms with E-state index in [4.69, 9.17) is 46.3 Å². The first-order chi connectivity index (χ1) is 31.0. The third-order valence-electron chi connectivity index (χ3n) is 14.4. The van der Waals surface area contributed by atoms with Crippen LogP contribution in [0.1, 0.15) is 133 Å². The number of methoxy groups -OCH3 is 2. The number of benzene rings is 1. The molecule has 1 unspecified atom stereocenters. The number of aliphatic hydroxyl groups is 1. The zero-order valence-corrected chi connectivity index (χ0v) is 47.3. The van der Waals surface area contributed by atoms with E-state index >= 15 is 0 Å². The van der Waals surface area contributed by atoms with Gasteiger partial charge in [-0.2, -0.15) is 5.26 Å². The Morgan fingerprint density at radius 3 is 2.09 bits per heavy atom. The Kier molecular flexibility index (Phi) is 22.0. The van der Waals surface area contributed by atoms with Crippen molar-refractivity contribution in [3.05, 3.63) is 35.9 Å². The Balaban J connectivity index is 2.03.